The largest absolute Gasteiger partial charge is 1.00 e. The van der Waals surface area contributed by atoms with Gasteiger partial charge in [0.2, 0.25) is 5.91 Å². The van der Waals surface area contributed by atoms with Crippen molar-refractivity contribution in [2.75, 3.05) is 11.1 Å². The number of amides is 1. The summed E-state index contributed by atoms with van der Waals surface area (Å²) in [6.45, 7) is 0. The van der Waals surface area contributed by atoms with Gasteiger partial charge in [-0.1, -0.05) is 0 Å². The molecule has 0 bridgehead atoms. The van der Waals surface area contributed by atoms with Crippen LogP contribution in [0.3, 0.4) is 0 Å². The van der Waals surface area contributed by atoms with Crippen LogP contribution in [0.4, 0.5) is 11.4 Å². The third-order valence-electron chi connectivity index (χ3n) is 1.55. The number of nitrogens with two attached hydrogens (primary N) is 1. The molecule has 3 N–H and O–H groups in total. The molecule has 78 valence electrons. The van der Waals surface area contributed by atoms with Gasteiger partial charge < -0.3 is 21.0 Å². The number of aliphatic carboxylic acids is 1. The van der Waals surface area contributed by atoms with Crippen LogP contribution in [0.5, 0.6) is 0 Å². The Balaban J connectivity index is 0.00000225. The maximum absolute atomic E-state index is 11.1. The first-order valence-electron chi connectivity index (χ1n) is 4.13. The number of nitrogens with one attached hydrogen (secondary N) is 1. The Bertz CT molecular complexity index is 401. The summed E-state index contributed by atoms with van der Waals surface area (Å²) in [6, 6.07) is 6.47. The third-order valence-corrected chi connectivity index (χ3v) is 1.55. The summed E-state index contributed by atoms with van der Waals surface area (Å²) in [5.74, 6) is -1.95. The number of carbonyl (C=O) groups excluding carboxylic acids is 2. The first-order valence-corrected chi connectivity index (χ1v) is 4.13. The minimum absolute atomic E-state index is 0. The van der Waals surface area contributed by atoms with E-state index in [0.717, 1.165) is 6.08 Å². The molecule has 0 aliphatic carbocycles. The molecule has 0 atom stereocenters. The molecule has 6 heteroatoms. The van der Waals surface area contributed by atoms with Gasteiger partial charge in [-0.15, -0.1) is 0 Å². The first kappa shape index (κ1) is 14.7. The monoisotopic (exact) mass is 228 g/mol. The van der Waals surface area contributed by atoms with Crippen LogP contribution in [-0.4, -0.2) is 11.9 Å². The molecule has 1 rings (SSSR count). The van der Waals surface area contributed by atoms with Gasteiger partial charge in [-0.05, 0) is 30.3 Å². The molecule has 0 spiro atoms. The van der Waals surface area contributed by atoms with Crippen LogP contribution >= 0.6 is 0 Å². The zero-order valence-corrected chi connectivity index (χ0v) is 10.8. The minimum atomic E-state index is -1.41. The number of nitrogen functional groups attached to an aromatic ring is 1. The van der Waals surface area contributed by atoms with Crippen molar-refractivity contribution < 1.29 is 44.3 Å². The fraction of sp³-hybridized carbons (Fsp3) is 0. The van der Waals surface area contributed by atoms with Crippen LogP contribution in [0.1, 0.15) is 0 Å². The number of hydrogen-bond donors (Lipinski definition) is 2. The van der Waals surface area contributed by atoms with Crippen molar-refractivity contribution in [2.24, 2.45) is 0 Å². The summed E-state index contributed by atoms with van der Waals surface area (Å²) in [4.78, 5) is 21.1. The van der Waals surface area contributed by atoms with Crippen LogP contribution < -0.4 is 45.7 Å². The number of rotatable bonds is 3. The zero-order valence-electron chi connectivity index (χ0n) is 8.77. The Labute approximate surface area is 115 Å². The molecule has 0 heterocycles. The topological polar surface area (TPSA) is 95.2 Å². The minimum Gasteiger partial charge on any atom is -0.545 e. The van der Waals surface area contributed by atoms with Crippen molar-refractivity contribution in [2.45, 2.75) is 0 Å². The van der Waals surface area contributed by atoms with E-state index in [9.17, 15) is 14.7 Å². The van der Waals surface area contributed by atoms with Gasteiger partial charge >= 0.3 is 29.6 Å². The molecule has 1 aromatic rings. The zero-order chi connectivity index (χ0) is 11.3. The first-order chi connectivity index (χ1) is 7.08. The molecule has 0 aliphatic heterocycles. The van der Waals surface area contributed by atoms with E-state index in [1.165, 1.54) is 0 Å². The van der Waals surface area contributed by atoms with Crippen LogP contribution in [0.2, 0.25) is 0 Å². The summed E-state index contributed by atoms with van der Waals surface area (Å²) in [5.41, 5.74) is 6.56. The molecule has 0 fully saturated rings. The van der Waals surface area contributed by atoms with Gasteiger partial charge in [0.25, 0.3) is 0 Å². The molecule has 0 radical (unpaired) electrons. The molecule has 0 aromatic heterocycles. The average Bonchev–Trinajstić information content (AvgIpc) is 2.19. The molecule has 1 aromatic carbocycles. The second-order valence-corrected chi connectivity index (χ2v) is 2.76. The maximum atomic E-state index is 11.1. The van der Waals surface area contributed by atoms with Crippen molar-refractivity contribution in [3.63, 3.8) is 0 Å². The number of carbonyl (C=O) groups is 2. The van der Waals surface area contributed by atoms with E-state index in [-0.39, 0.29) is 29.6 Å². The van der Waals surface area contributed by atoms with Crippen molar-refractivity contribution in [1.29, 1.82) is 0 Å². The van der Waals surface area contributed by atoms with E-state index >= 15 is 0 Å². The van der Waals surface area contributed by atoms with E-state index in [4.69, 9.17) is 5.73 Å². The average molecular weight is 228 g/mol. The Morgan fingerprint density at radius 1 is 1.19 bits per heavy atom. The molecule has 0 saturated heterocycles. The normalized spacial score (nSPS) is 9.50. The van der Waals surface area contributed by atoms with Gasteiger partial charge in [0, 0.05) is 17.5 Å². The Hall–Kier alpha value is -1.30. The number of carboxylic acid groups (broad SMARTS) is 1. The van der Waals surface area contributed by atoms with Crippen LogP contribution in [0, 0.1) is 0 Å². The fourth-order valence-electron chi connectivity index (χ4n) is 0.894. The quantitative estimate of drug-likeness (QED) is 0.319. The second kappa shape index (κ2) is 7.05. The number of benzene rings is 1. The van der Waals surface area contributed by atoms with Gasteiger partial charge in [0.05, 0.1) is 5.97 Å². The Morgan fingerprint density at radius 2 is 1.75 bits per heavy atom. The van der Waals surface area contributed by atoms with E-state index in [2.05, 4.69) is 5.32 Å². The molecular formula is C10H9N2NaO3. The molecular weight excluding hydrogens is 219 g/mol. The molecule has 0 aliphatic rings. The molecule has 0 saturated carbocycles. The Morgan fingerprint density at radius 3 is 2.25 bits per heavy atom. The van der Waals surface area contributed by atoms with Crippen molar-refractivity contribution >= 4 is 23.3 Å². The van der Waals surface area contributed by atoms with Gasteiger partial charge in [-0.25, -0.2) is 0 Å². The van der Waals surface area contributed by atoms with Gasteiger partial charge in [0.15, 0.2) is 0 Å². The van der Waals surface area contributed by atoms with E-state index in [1.807, 2.05) is 0 Å². The van der Waals surface area contributed by atoms with Gasteiger partial charge in [0.1, 0.15) is 0 Å². The molecule has 16 heavy (non-hydrogen) atoms. The van der Waals surface area contributed by atoms with Crippen LogP contribution in [0.25, 0.3) is 0 Å². The summed E-state index contributed by atoms with van der Waals surface area (Å²) in [6.07, 6.45) is 1.54. The van der Waals surface area contributed by atoms with E-state index in [1.54, 1.807) is 24.3 Å². The van der Waals surface area contributed by atoms with Gasteiger partial charge in [-0.3, -0.25) is 4.79 Å². The number of carboxylic acids is 1. The summed E-state index contributed by atoms with van der Waals surface area (Å²) in [5, 5.41) is 12.5. The summed E-state index contributed by atoms with van der Waals surface area (Å²) in [7, 11) is 0. The number of hydrogen-bond acceptors (Lipinski definition) is 4. The van der Waals surface area contributed by atoms with Gasteiger partial charge in [-0.2, -0.15) is 0 Å². The second-order valence-electron chi connectivity index (χ2n) is 2.76. The summed E-state index contributed by atoms with van der Waals surface area (Å²) >= 11 is 0. The summed E-state index contributed by atoms with van der Waals surface area (Å²) < 4.78 is 0. The molecule has 5 nitrogen and oxygen atoms in total. The molecule has 0 unspecified atom stereocenters. The van der Waals surface area contributed by atoms with Crippen molar-refractivity contribution in [3.05, 3.63) is 36.4 Å². The van der Waals surface area contributed by atoms with Crippen LogP contribution in [-0.2, 0) is 9.59 Å². The maximum Gasteiger partial charge on any atom is 1.00 e. The SMILES string of the molecule is Nc1ccc(NC(=O)/C=C/C(=O)[O-])cc1.[Na+]. The standard InChI is InChI=1S/C10H10N2O3.Na/c11-7-1-3-8(4-2-7)12-9(13)5-6-10(14)15;/h1-6H,11H2,(H,12,13)(H,14,15);/q;+1/p-1/b6-5+;. The van der Waals surface area contributed by atoms with Crippen molar-refractivity contribution in [3.8, 4) is 0 Å². The van der Waals surface area contributed by atoms with Crippen molar-refractivity contribution in [1.82, 2.24) is 0 Å². The Kier molecular flexibility index (Phi) is 6.48. The molecule has 1 amide bonds. The fourth-order valence-corrected chi connectivity index (χ4v) is 0.894. The van der Waals surface area contributed by atoms with E-state index in [0.29, 0.717) is 17.5 Å². The predicted molar refractivity (Wildman–Crippen MR) is 53.6 cm³/mol. The van der Waals surface area contributed by atoms with Crippen LogP contribution in [0.15, 0.2) is 36.4 Å². The van der Waals surface area contributed by atoms with E-state index < -0.39 is 11.9 Å². The smallest absolute Gasteiger partial charge is 0.545 e. The predicted octanol–water partition coefficient (Wildman–Crippen LogP) is -3.48. The number of anilines is 2. The third kappa shape index (κ3) is 5.55.